The van der Waals surface area contributed by atoms with E-state index in [1.54, 1.807) is 7.11 Å². The molecule has 112 valence electrons. The molecule has 0 fully saturated rings. The summed E-state index contributed by atoms with van der Waals surface area (Å²) in [6.45, 7) is 5.68. The highest BCUT2D eigenvalue weighted by molar-refractivity contribution is 5.85. The zero-order valence-electron chi connectivity index (χ0n) is 12.5. The van der Waals surface area contributed by atoms with E-state index in [1.807, 2.05) is 38.1 Å². The summed E-state index contributed by atoms with van der Waals surface area (Å²) in [4.78, 5) is 0. The molecule has 5 heteroatoms. The molecule has 4 N–H and O–H groups in total. The Balaban J connectivity index is 2.25. The molecule has 0 saturated heterocycles. The average molecular weight is 279 g/mol. The molecule has 1 rings (SSSR count). The Hall–Kier alpha value is -1.75. The molecular weight excluding hydrogens is 254 g/mol. The summed E-state index contributed by atoms with van der Waals surface area (Å²) in [6.07, 6.45) is 1.85. The van der Waals surface area contributed by atoms with Crippen molar-refractivity contribution in [2.24, 2.45) is 16.3 Å². The smallest absolute Gasteiger partial charge is 0.144 e. The number of benzene rings is 1. The Bertz CT molecular complexity index is 427. The Morgan fingerprint density at radius 2 is 2.00 bits per heavy atom. The number of hydrogen-bond donors (Lipinski definition) is 3. The van der Waals surface area contributed by atoms with Gasteiger partial charge in [0.05, 0.1) is 7.11 Å². The van der Waals surface area contributed by atoms with Crippen LogP contribution in [-0.4, -0.2) is 24.7 Å². The van der Waals surface area contributed by atoms with Crippen LogP contribution in [0.2, 0.25) is 0 Å². The van der Waals surface area contributed by atoms with Crippen LogP contribution in [0.3, 0.4) is 0 Å². The molecule has 0 radical (unpaired) electrons. The minimum Gasteiger partial charge on any atom is -0.497 e. The maximum absolute atomic E-state index is 8.70. The van der Waals surface area contributed by atoms with E-state index in [9.17, 15) is 0 Å². The molecule has 0 saturated carbocycles. The fourth-order valence-corrected chi connectivity index (χ4v) is 1.89. The lowest BCUT2D eigenvalue weighted by molar-refractivity contribution is 0.304. The molecular formula is C15H25N3O2. The SMILES string of the molecule is COc1ccc(CNCCCC(C)(C)C(N)=NO)cc1. The number of amidine groups is 1. The van der Waals surface area contributed by atoms with Gasteiger partial charge in [0.2, 0.25) is 0 Å². The molecule has 1 aromatic rings. The second-order valence-electron chi connectivity index (χ2n) is 5.50. The van der Waals surface area contributed by atoms with E-state index in [2.05, 4.69) is 10.5 Å². The van der Waals surface area contributed by atoms with Gasteiger partial charge in [0, 0.05) is 12.0 Å². The quantitative estimate of drug-likeness (QED) is 0.224. The summed E-state index contributed by atoms with van der Waals surface area (Å²) in [7, 11) is 1.66. The lowest BCUT2D eigenvalue weighted by atomic mass is 9.86. The molecule has 0 aliphatic rings. The summed E-state index contributed by atoms with van der Waals surface area (Å²) in [6, 6.07) is 8.01. The zero-order valence-corrected chi connectivity index (χ0v) is 12.5. The maximum atomic E-state index is 8.70. The van der Waals surface area contributed by atoms with Gasteiger partial charge in [-0.1, -0.05) is 31.1 Å². The van der Waals surface area contributed by atoms with Crippen molar-refractivity contribution in [3.63, 3.8) is 0 Å². The zero-order chi connectivity index (χ0) is 15.0. The molecule has 0 unspecified atom stereocenters. The fourth-order valence-electron chi connectivity index (χ4n) is 1.89. The third-order valence-corrected chi connectivity index (χ3v) is 3.44. The van der Waals surface area contributed by atoms with Crippen molar-refractivity contribution >= 4 is 5.84 Å². The molecule has 0 bridgehead atoms. The third-order valence-electron chi connectivity index (χ3n) is 3.44. The van der Waals surface area contributed by atoms with E-state index in [0.29, 0.717) is 0 Å². The molecule has 0 aliphatic carbocycles. The van der Waals surface area contributed by atoms with Crippen LogP contribution < -0.4 is 15.8 Å². The average Bonchev–Trinajstić information content (AvgIpc) is 2.46. The van der Waals surface area contributed by atoms with Gasteiger partial charge < -0.3 is 21.0 Å². The number of oxime groups is 1. The minimum absolute atomic E-state index is 0.267. The number of nitrogens with two attached hydrogens (primary N) is 1. The van der Waals surface area contributed by atoms with Gasteiger partial charge in [-0.2, -0.15) is 0 Å². The van der Waals surface area contributed by atoms with E-state index < -0.39 is 0 Å². The Labute approximate surface area is 120 Å². The Morgan fingerprint density at radius 3 is 2.55 bits per heavy atom. The first-order chi connectivity index (χ1) is 9.49. The number of rotatable bonds is 8. The summed E-state index contributed by atoms with van der Waals surface area (Å²) in [5.74, 6) is 1.15. The molecule has 20 heavy (non-hydrogen) atoms. The number of hydrogen-bond acceptors (Lipinski definition) is 4. The summed E-state index contributed by atoms with van der Waals surface area (Å²) < 4.78 is 5.12. The number of methoxy groups -OCH3 is 1. The monoisotopic (exact) mass is 279 g/mol. The van der Waals surface area contributed by atoms with Crippen LogP contribution in [0.15, 0.2) is 29.4 Å². The largest absolute Gasteiger partial charge is 0.497 e. The van der Waals surface area contributed by atoms with Crippen LogP contribution in [0.5, 0.6) is 5.75 Å². The van der Waals surface area contributed by atoms with E-state index in [0.717, 1.165) is 31.7 Å². The lowest BCUT2D eigenvalue weighted by Crippen LogP contribution is -2.32. The predicted octanol–water partition coefficient (Wildman–Crippen LogP) is 2.34. The van der Waals surface area contributed by atoms with Crippen LogP contribution in [0, 0.1) is 5.41 Å². The maximum Gasteiger partial charge on any atom is 0.144 e. The van der Waals surface area contributed by atoms with Gasteiger partial charge in [0.1, 0.15) is 11.6 Å². The summed E-state index contributed by atoms with van der Waals surface area (Å²) in [5.41, 5.74) is 6.61. The van der Waals surface area contributed by atoms with Gasteiger partial charge >= 0.3 is 0 Å². The van der Waals surface area contributed by atoms with Crippen LogP contribution in [0.1, 0.15) is 32.3 Å². The Kier molecular flexibility index (Phi) is 6.31. The molecule has 0 atom stereocenters. The van der Waals surface area contributed by atoms with Gasteiger partial charge in [-0.05, 0) is 37.1 Å². The van der Waals surface area contributed by atoms with Gasteiger partial charge in [0.25, 0.3) is 0 Å². The van der Waals surface area contributed by atoms with Crippen LogP contribution in [0.4, 0.5) is 0 Å². The standard InChI is InChI=1S/C15H25N3O2/c1-15(2,14(16)18-19)9-4-10-17-11-12-5-7-13(20-3)8-6-12/h5-8,17,19H,4,9-11H2,1-3H3,(H2,16,18). The molecule has 0 heterocycles. The van der Waals surface area contributed by atoms with Crippen LogP contribution in [-0.2, 0) is 6.54 Å². The first kappa shape index (κ1) is 16.3. The molecule has 0 aromatic heterocycles. The van der Waals surface area contributed by atoms with E-state index in [-0.39, 0.29) is 11.3 Å². The van der Waals surface area contributed by atoms with Crippen molar-refractivity contribution in [1.29, 1.82) is 0 Å². The van der Waals surface area contributed by atoms with E-state index >= 15 is 0 Å². The first-order valence-corrected chi connectivity index (χ1v) is 6.81. The van der Waals surface area contributed by atoms with Gasteiger partial charge in [-0.25, -0.2) is 0 Å². The fraction of sp³-hybridized carbons (Fsp3) is 0.533. The predicted molar refractivity (Wildman–Crippen MR) is 81.1 cm³/mol. The number of nitrogens with one attached hydrogen (secondary N) is 1. The van der Waals surface area contributed by atoms with Crippen molar-refractivity contribution in [2.45, 2.75) is 33.2 Å². The van der Waals surface area contributed by atoms with Crippen molar-refractivity contribution in [3.05, 3.63) is 29.8 Å². The summed E-state index contributed by atoms with van der Waals surface area (Å²) in [5, 5.41) is 15.2. The highest BCUT2D eigenvalue weighted by atomic mass is 16.5. The molecule has 0 amide bonds. The van der Waals surface area contributed by atoms with E-state index in [1.165, 1.54) is 5.56 Å². The lowest BCUT2D eigenvalue weighted by Gasteiger charge is -2.22. The van der Waals surface area contributed by atoms with Crippen molar-refractivity contribution < 1.29 is 9.94 Å². The van der Waals surface area contributed by atoms with Crippen molar-refractivity contribution in [1.82, 2.24) is 5.32 Å². The number of nitrogens with zero attached hydrogens (tertiary/aromatic N) is 1. The second kappa shape index (κ2) is 7.75. The third kappa shape index (κ3) is 5.09. The molecule has 1 aromatic carbocycles. The molecule has 0 spiro atoms. The van der Waals surface area contributed by atoms with Gasteiger partial charge in [0.15, 0.2) is 0 Å². The van der Waals surface area contributed by atoms with E-state index in [4.69, 9.17) is 15.7 Å². The van der Waals surface area contributed by atoms with Crippen LogP contribution >= 0.6 is 0 Å². The van der Waals surface area contributed by atoms with Gasteiger partial charge in [-0.3, -0.25) is 0 Å². The van der Waals surface area contributed by atoms with Crippen molar-refractivity contribution in [3.8, 4) is 5.75 Å². The van der Waals surface area contributed by atoms with Crippen molar-refractivity contribution in [2.75, 3.05) is 13.7 Å². The topological polar surface area (TPSA) is 79.9 Å². The minimum atomic E-state index is -0.267. The normalized spacial score (nSPS) is 12.4. The second-order valence-corrected chi connectivity index (χ2v) is 5.50. The first-order valence-electron chi connectivity index (χ1n) is 6.81. The summed E-state index contributed by atoms with van der Waals surface area (Å²) >= 11 is 0. The molecule has 0 aliphatic heterocycles. The highest BCUT2D eigenvalue weighted by Crippen LogP contribution is 2.21. The Morgan fingerprint density at radius 1 is 1.35 bits per heavy atom. The van der Waals surface area contributed by atoms with Gasteiger partial charge in [-0.15, -0.1) is 0 Å². The number of ether oxygens (including phenoxy) is 1. The van der Waals surface area contributed by atoms with Crippen LogP contribution in [0.25, 0.3) is 0 Å². The molecule has 5 nitrogen and oxygen atoms in total. The highest BCUT2D eigenvalue weighted by Gasteiger charge is 2.22.